The average molecular weight is 315 g/mol. The fourth-order valence-corrected chi connectivity index (χ4v) is 2.16. The predicted molar refractivity (Wildman–Crippen MR) is 90.4 cm³/mol. The van der Waals surface area contributed by atoms with E-state index in [-0.39, 0.29) is 11.7 Å². The van der Waals surface area contributed by atoms with E-state index in [2.05, 4.69) is 12.2 Å². The molecule has 1 N–H and O–H groups in total. The number of carbonyl (C=O) groups is 1. The Morgan fingerprint density at radius 3 is 2.35 bits per heavy atom. The van der Waals surface area contributed by atoms with Crippen LogP contribution >= 0.6 is 0 Å². The van der Waals surface area contributed by atoms with Gasteiger partial charge in [-0.25, -0.2) is 4.39 Å². The fraction of sp³-hybridized carbons (Fsp3) is 0.316. The van der Waals surface area contributed by atoms with Crippen molar-refractivity contribution in [3.8, 4) is 5.75 Å². The molecule has 1 amide bonds. The highest BCUT2D eigenvalue weighted by Gasteiger charge is 2.06. The Kier molecular flexibility index (Phi) is 6.60. The summed E-state index contributed by atoms with van der Waals surface area (Å²) in [7, 11) is 0. The van der Waals surface area contributed by atoms with Crippen molar-refractivity contribution in [3.63, 3.8) is 0 Å². The van der Waals surface area contributed by atoms with Gasteiger partial charge in [0.15, 0.2) is 0 Å². The third-order valence-corrected chi connectivity index (χ3v) is 3.49. The number of amides is 1. The van der Waals surface area contributed by atoms with Crippen LogP contribution in [0.25, 0.3) is 0 Å². The average Bonchev–Trinajstić information content (AvgIpc) is 2.57. The SMILES string of the molecule is CCCCCCOc1ccc(C(=O)Nc2ccc(F)cc2)cc1. The van der Waals surface area contributed by atoms with Gasteiger partial charge in [-0.1, -0.05) is 26.2 Å². The molecule has 2 rings (SSSR count). The van der Waals surface area contributed by atoms with E-state index >= 15 is 0 Å². The topological polar surface area (TPSA) is 38.3 Å². The zero-order chi connectivity index (χ0) is 16.5. The first-order chi connectivity index (χ1) is 11.2. The molecule has 2 aromatic carbocycles. The van der Waals surface area contributed by atoms with Crippen molar-refractivity contribution in [1.29, 1.82) is 0 Å². The zero-order valence-corrected chi connectivity index (χ0v) is 13.3. The lowest BCUT2D eigenvalue weighted by atomic mass is 10.2. The molecule has 0 fully saturated rings. The summed E-state index contributed by atoms with van der Waals surface area (Å²) in [5, 5.41) is 2.72. The van der Waals surface area contributed by atoms with Gasteiger partial charge in [-0.05, 0) is 55.0 Å². The lowest BCUT2D eigenvalue weighted by Gasteiger charge is -2.08. The van der Waals surface area contributed by atoms with Gasteiger partial charge >= 0.3 is 0 Å². The molecule has 0 bridgehead atoms. The van der Waals surface area contributed by atoms with E-state index in [1.807, 2.05) is 0 Å². The van der Waals surface area contributed by atoms with Gasteiger partial charge < -0.3 is 10.1 Å². The number of ether oxygens (including phenoxy) is 1. The van der Waals surface area contributed by atoms with E-state index in [9.17, 15) is 9.18 Å². The molecule has 0 aromatic heterocycles. The van der Waals surface area contributed by atoms with Crippen molar-refractivity contribution in [3.05, 3.63) is 59.9 Å². The Morgan fingerprint density at radius 1 is 1.00 bits per heavy atom. The normalized spacial score (nSPS) is 10.3. The number of hydrogen-bond acceptors (Lipinski definition) is 2. The maximum atomic E-state index is 12.8. The summed E-state index contributed by atoms with van der Waals surface area (Å²) >= 11 is 0. The smallest absolute Gasteiger partial charge is 0.255 e. The first kappa shape index (κ1) is 17.0. The van der Waals surface area contributed by atoms with E-state index in [4.69, 9.17) is 4.74 Å². The molecule has 0 saturated carbocycles. The zero-order valence-electron chi connectivity index (χ0n) is 13.3. The third kappa shape index (κ3) is 5.74. The molecule has 0 aliphatic rings. The molecule has 0 spiro atoms. The van der Waals surface area contributed by atoms with Crippen LogP contribution in [0.5, 0.6) is 5.75 Å². The second kappa shape index (κ2) is 8.93. The maximum Gasteiger partial charge on any atom is 0.255 e. The van der Waals surface area contributed by atoms with Crippen LogP contribution in [-0.2, 0) is 0 Å². The van der Waals surface area contributed by atoms with E-state index < -0.39 is 0 Å². The summed E-state index contributed by atoms with van der Waals surface area (Å²) in [6.45, 7) is 2.87. The molecular formula is C19H22FNO2. The minimum atomic E-state index is -0.330. The van der Waals surface area contributed by atoms with Crippen LogP contribution in [0, 0.1) is 5.82 Å². The lowest BCUT2D eigenvalue weighted by Crippen LogP contribution is -2.11. The quantitative estimate of drug-likeness (QED) is 0.693. The van der Waals surface area contributed by atoms with Gasteiger partial charge in [0.1, 0.15) is 11.6 Å². The van der Waals surface area contributed by atoms with Gasteiger partial charge in [0.2, 0.25) is 0 Å². The molecule has 0 saturated heterocycles. The summed E-state index contributed by atoms with van der Waals surface area (Å²) in [4.78, 5) is 12.1. The molecule has 3 nitrogen and oxygen atoms in total. The maximum absolute atomic E-state index is 12.8. The third-order valence-electron chi connectivity index (χ3n) is 3.49. The van der Waals surface area contributed by atoms with Gasteiger partial charge in [0.25, 0.3) is 5.91 Å². The number of unbranched alkanes of at least 4 members (excludes halogenated alkanes) is 3. The fourth-order valence-electron chi connectivity index (χ4n) is 2.16. The van der Waals surface area contributed by atoms with Crippen LogP contribution in [-0.4, -0.2) is 12.5 Å². The second-order valence-electron chi connectivity index (χ2n) is 5.39. The van der Waals surface area contributed by atoms with Crippen LogP contribution in [0.2, 0.25) is 0 Å². The molecular weight excluding hydrogens is 293 g/mol. The molecule has 0 aliphatic heterocycles. The second-order valence-corrected chi connectivity index (χ2v) is 5.39. The van der Waals surface area contributed by atoms with Crippen LogP contribution in [0.15, 0.2) is 48.5 Å². The Labute approximate surface area is 136 Å². The molecule has 0 heterocycles. The van der Waals surface area contributed by atoms with Gasteiger partial charge in [0.05, 0.1) is 6.61 Å². The number of benzene rings is 2. The monoisotopic (exact) mass is 315 g/mol. The number of anilines is 1. The largest absolute Gasteiger partial charge is 0.494 e. The van der Waals surface area contributed by atoms with Crippen molar-refractivity contribution in [2.45, 2.75) is 32.6 Å². The van der Waals surface area contributed by atoms with Crippen LogP contribution < -0.4 is 10.1 Å². The Balaban J connectivity index is 1.83. The molecule has 0 atom stereocenters. The summed E-state index contributed by atoms with van der Waals surface area (Å²) in [5.41, 5.74) is 1.10. The molecule has 122 valence electrons. The van der Waals surface area contributed by atoms with Crippen molar-refractivity contribution in [1.82, 2.24) is 0 Å². The molecule has 0 aliphatic carbocycles. The standard InChI is InChI=1S/C19H22FNO2/c1-2-3-4-5-14-23-18-12-6-15(7-13-18)19(22)21-17-10-8-16(20)9-11-17/h6-13H,2-5,14H2,1H3,(H,21,22). The van der Waals surface area contributed by atoms with Crippen molar-refractivity contribution in [2.75, 3.05) is 11.9 Å². The van der Waals surface area contributed by atoms with Crippen molar-refractivity contribution in [2.24, 2.45) is 0 Å². The minimum Gasteiger partial charge on any atom is -0.494 e. The van der Waals surface area contributed by atoms with Gasteiger partial charge in [0, 0.05) is 11.3 Å². The van der Waals surface area contributed by atoms with Crippen LogP contribution in [0.4, 0.5) is 10.1 Å². The summed E-state index contributed by atoms with van der Waals surface area (Å²) < 4.78 is 18.5. The highest BCUT2D eigenvalue weighted by molar-refractivity contribution is 6.04. The number of rotatable bonds is 8. The van der Waals surface area contributed by atoms with Crippen LogP contribution in [0.3, 0.4) is 0 Å². The molecule has 0 radical (unpaired) electrons. The molecule has 2 aromatic rings. The van der Waals surface area contributed by atoms with Gasteiger partial charge in [-0.15, -0.1) is 0 Å². The lowest BCUT2D eigenvalue weighted by molar-refractivity contribution is 0.102. The highest BCUT2D eigenvalue weighted by atomic mass is 19.1. The highest BCUT2D eigenvalue weighted by Crippen LogP contribution is 2.15. The summed E-state index contributed by atoms with van der Waals surface area (Å²) in [6.07, 6.45) is 4.65. The minimum absolute atomic E-state index is 0.230. The Morgan fingerprint density at radius 2 is 1.70 bits per heavy atom. The van der Waals surface area contributed by atoms with E-state index in [0.29, 0.717) is 17.9 Å². The predicted octanol–water partition coefficient (Wildman–Crippen LogP) is 5.04. The van der Waals surface area contributed by atoms with Gasteiger partial charge in [-0.2, -0.15) is 0 Å². The summed E-state index contributed by atoms with van der Waals surface area (Å²) in [5.74, 6) is 0.203. The number of carbonyl (C=O) groups excluding carboxylic acids is 1. The molecule has 4 heteroatoms. The number of halogens is 1. The van der Waals surface area contributed by atoms with Gasteiger partial charge in [-0.3, -0.25) is 4.79 Å². The Hall–Kier alpha value is -2.36. The molecule has 0 unspecified atom stereocenters. The van der Waals surface area contributed by atoms with Crippen molar-refractivity contribution < 1.29 is 13.9 Å². The Bertz CT molecular complexity index is 608. The summed E-state index contributed by atoms with van der Waals surface area (Å²) in [6, 6.07) is 12.7. The van der Waals surface area contributed by atoms with E-state index in [1.54, 1.807) is 24.3 Å². The van der Waals surface area contributed by atoms with E-state index in [0.717, 1.165) is 12.2 Å². The van der Waals surface area contributed by atoms with Crippen LogP contribution in [0.1, 0.15) is 43.0 Å². The number of nitrogens with one attached hydrogen (secondary N) is 1. The van der Waals surface area contributed by atoms with Crippen molar-refractivity contribution >= 4 is 11.6 Å². The first-order valence-electron chi connectivity index (χ1n) is 7.99. The molecule has 23 heavy (non-hydrogen) atoms. The van der Waals surface area contributed by atoms with E-state index in [1.165, 1.54) is 43.5 Å². The first-order valence-corrected chi connectivity index (χ1v) is 7.99. The number of hydrogen-bond donors (Lipinski definition) is 1.